The van der Waals surface area contributed by atoms with Crippen molar-refractivity contribution in [1.29, 1.82) is 0 Å². The lowest BCUT2D eigenvalue weighted by Gasteiger charge is -2.36. The van der Waals surface area contributed by atoms with E-state index in [1.165, 1.54) is 16.8 Å². The summed E-state index contributed by atoms with van der Waals surface area (Å²) in [4.78, 5) is 5.03. The Balaban J connectivity index is 1.27. The van der Waals surface area contributed by atoms with Crippen molar-refractivity contribution in [3.8, 4) is 5.75 Å². The number of piperazine rings is 1. The fraction of sp³-hybridized carbons (Fsp3) is 0.333. The lowest BCUT2D eigenvalue weighted by atomic mass is 9.99. The van der Waals surface area contributed by atoms with Crippen LogP contribution in [0.25, 0.3) is 0 Å². The van der Waals surface area contributed by atoms with Crippen molar-refractivity contribution in [2.24, 2.45) is 0 Å². The van der Waals surface area contributed by atoms with Crippen LogP contribution in [0.4, 0.5) is 5.69 Å². The molecule has 0 amide bonds. The fourth-order valence-electron chi connectivity index (χ4n) is 4.26. The molecule has 1 aliphatic heterocycles. The van der Waals surface area contributed by atoms with Gasteiger partial charge in [0.15, 0.2) is 0 Å². The maximum atomic E-state index is 5.27. The highest BCUT2D eigenvalue weighted by atomic mass is 16.5. The van der Waals surface area contributed by atoms with Crippen LogP contribution in [0.3, 0.4) is 0 Å². The smallest absolute Gasteiger partial charge is 0.119 e. The Morgan fingerprint density at radius 3 is 2.10 bits per heavy atom. The number of nitrogens with zero attached hydrogens (tertiary/aromatic N) is 2. The number of benzene rings is 3. The third-order valence-electron chi connectivity index (χ3n) is 6.11. The van der Waals surface area contributed by atoms with Crippen molar-refractivity contribution in [2.75, 3.05) is 51.3 Å². The minimum atomic E-state index is 0.337. The predicted molar refractivity (Wildman–Crippen MR) is 129 cm³/mol. The molecule has 4 heteroatoms. The van der Waals surface area contributed by atoms with E-state index in [4.69, 9.17) is 4.74 Å². The van der Waals surface area contributed by atoms with Gasteiger partial charge in [-0.1, -0.05) is 60.7 Å². The van der Waals surface area contributed by atoms with Crippen molar-refractivity contribution in [3.63, 3.8) is 0 Å². The van der Waals surface area contributed by atoms with Crippen LogP contribution in [0, 0.1) is 0 Å². The van der Waals surface area contributed by atoms with Gasteiger partial charge in [-0.15, -0.1) is 0 Å². The van der Waals surface area contributed by atoms with Crippen LogP contribution in [-0.2, 0) is 6.42 Å². The van der Waals surface area contributed by atoms with Crippen LogP contribution in [0.1, 0.15) is 17.2 Å². The Kier molecular flexibility index (Phi) is 7.59. The molecule has 31 heavy (non-hydrogen) atoms. The second-order valence-electron chi connectivity index (χ2n) is 8.13. The molecule has 1 atom stereocenters. The number of rotatable bonds is 9. The molecule has 0 aliphatic carbocycles. The van der Waals surface area contributed by atoms with E-state index in [1.54, 1.807) is 7.11 Å². The highest BCUT2D eigenvalue weighted by Gasteiger charge is 2.18. The van der Waals surface area contributed by atoms with E-state index in [0.717, 1.165) is 51.4 Å². The summed E-state index contributed by atoms with van der Waals surface area (Å²) in [7, 11) is 1.71. The molecule has 1 heterocycles. The van der Waals surface area contributed by atoms with Gasteiger partial charge in [0.25, 0.3) is 0 Å². The molecule has 0 bridgehead atoms. The molecular weight excluding hydrogens is 382 g/mol. The minimum Gasteiger partial charge on any atom is -0.497 e. The Labute approximate surface area is 186 Å². The average molecular weight is 416 g/mol. The molecule has 1 fully saturated rings. The predicted octanol–water partition coefficient (Wildman–Crippen LogP) is 4.39. The quantitative estimate of drug-likeness (QED) is 0.561. The largest absolute Gasteiger partial charge is 0.497 e. The standard InChI is InChI=1S/C27H33N3O/c1-31-26-14-12-25(13-15-26)30-20-18-29(19-21-30)17-16-28-27(24-10-6-3-7-11-24)22-23-8-4-2-5-9-23/h2-15,27-28H,16-22H2,1H3. The van der Waals surface area contributed by atoms with Crippen LogP contribution in [0.5, 0.6) is 5.75 Å². The van der Waals surface area contributed by atoms with Crippen LogP contribution in [-0.4, -0.2) is 51.3 Å². The number of anilines is 1. The first kappa shape index (κ1) is 21.4. The lowest BCUT2D eigenvalue weighted by molar-refractivity contribution is 0.253. The molecule has 0 radical (unpaired) electrons. The highest BCUT2D eigenvalue weighted by molar-refractivity contribution is 5.49. The lowest BCUT2D eigenvalue weighted by Crippen LogP contribution is -2.48. The van der Waals surface area contributed by atoms with Crippen molar-refractivity contribution in [3.05, 3.63) is 96.1 Å². The van der Waals surface area contributed by atoms with Gasteiger partial charge in [0.1, 0.15) is 5.75 Å². The Bertz CT molecular complexity index is 891. The second kappa shape index (κ2) is 11.0. The first-order chi connectivity index (χ1) is 15.3. The van der Waals surface area contributed by atoms with Crippen molar-refractivity contribution in [2.45, 2.75) is 12.5 Å². The van der Waals surface area contributed by atoms with Gasteiger partial charge >= 0.3 is 0 Å². The summed E-state index contributed by atoms with van der Waals surface area (Å²) in [6.45, 7) is 6.41. The summed E-state index contributed by atoms with van der Waals surface area (Å²) in [5.41, 5.74) is 4.01. The van der Waals surface area contributed by atoms with E-state index in [9.17, 15) is 0 Å². The Morgan fingerprint density at radius 1 is 0.806 bits per heavy atom. The molecule has 1 N–H and O–H groups in total. The molecule has 4 rings (SSSR count). The van der Waals surface area contributed by atoms with E-state index in [2.05, 4.69) is 87.9 Å². The van der Waals surface area contributed by atoms with E-state index in [-0.39, 0.29) is 0 Å². The third kappa shape index (κ3) is 6.09. The molecule has 1 saturated heterocycles. The molecule has 0 aromatic heterocycles. The summed E-state index contributed by atoms with van der Waals surface area (Å²) in [5, 5.41) is 3.82. The van der Waals surface area contributed by atoms with Crippen LogP contribution in [0.15, 0.2) is 84.9 Å². The SMILES string of the molecule is COc1ccc(N2CCN(CCNC(Cc3ccccc3)c3ccccc3)CC2)cc1. The maximum absolute atomic E-state index is 5.27. The maximum Gasteiger partial charge on any atom is 0.119 e. The van der Waals surface area contributed by atoms with Gasteiger partial charge in [-0.2, -0.15) is 0 Å². The zero-order chi connectivity index (χ0) is 21.3. The van der Waals surface area contributed by atoms with Gasteiger partial charge in [0, 0.05) is 51.0 Å². The fourth-order valence-corrected chi connectivity index (χ4v) is 4.26. The highest BCUT2D eigenvalue weighted by Crippen LogP contribution is 2.21. The molecule has 3 aromatic rings. The third-order valence-corrected chi connectivity index (χ3v) is 6.11. The van der Waals surface area contributed by atoms with Crippen LogP contribution in [0.2, 0.25) is 0 Å². The number of ether oxygens (including phenoxy) is 1. The first-order valence-electron chi connectivity index (χ1n) is 11.3. The van der Waals surface area contributed by atoms with E-state index < -0.39 is 0 Å². The number of hydrogen-bond donors (Lipinski definition) is 1. The number of methoxy groups -OCH3 is 1. The Hall–Kier alpha value is -2.82. The summed E-state index contributed by atoms with van der Waals surface area (Å²) in [5.74, 6) is 0.914. The normalized spacial score (nSPS) is 15.6. The minimum absolute atomic E-state index is 0.337. The number of nitrogens with one attached hydrogen (secondary N) is 1. The van der Waals surface area contributed by atoms with Gasteiger partial charge in [-0.25, -0.2) is 0 Å². The molecule has 0 saturated carbocycles. The molecule has 1 unspecified atom stereocenters. The molecule has 0 spiro atoms. The number of hydrogen-bond acceptors (Lipinski definition) is 4. The summed E-state index contributed by atoms with van der Waals surface area (Å²) in [6, 6.07) is 30.3. The second-order valence-corrected chi connectivity index (χ2v) is 8.13. The average Bonchev–Trinajstić information content (AvgIpc) is 2.85. The Morgan fingerprint density at radius 2 is 1.45 bits per heavy atom. The first-order valence-corrected chi connectivity index (χ1v) is 11.3. The van der Waals surface area contributed by atoms with E-state index in [0.29, 0.717) is 6.04 Å². The van der Waals surface area contributed by atoms with Gasteiger partial charge in [-0.05, 0) is 41.8 Å². The zero-order valence-corrected chi connectivity index (χ0v) is 18.4. The summed E-state index contributed by atoms with van der Waals surface area (Å²) >= 11 is 0. The van der Waals surface area contributed by atoms with Gasteiger partial charge in [0.05, 0.1) is 7.11 Å². The summed E-state index contributed by atoms with van der Waals surface area (Å²) < 4.78 is 5.27. The molecule has 162 valence electrons. The summed E-state index contributed by atoms with van der Waals surface area (Å²) in [6.07, 6.45) is 1.01. The van der Waals surface area contributed by atoms with Crippen molar-refractivity contribution >= 4 is 5.69 Å². The van der Waals surface area contributed by atoms with Gasteiger partial charge in [0.2, 0.25) is 0 Å². The monoisotopic (exact) mass is 415 g/mol. The molecule has 3 aromatic carbocycles. The molecule has 1 aliphatic rings. The van der Waals surface area contributed by atoms with Gasteiger partial charge in [-0.3, -0.25) is 4.90 Å². The van der Waals surface area contributed by atoms with Crippen molar-refractivity contribution in [1.82, 2.24) is 10.2 Å². The van der Waals surface area contributed by atoms with Crippen LogP contribution >= 0.6 is 0 Å². The topological polar surface area (TPSA) is 27.7 Å². The van der Waals surface area contributed by atoms with E-state index >= 15 is 0 Å². The molecule has 4 nitrogen and oxygen atoms in total. The zero-order valence-electron chi connectivity index (χ0n) is 18.4. The van der Waals surface area contributed by atoms with E-state index in [1.807, 2.05) is 12.1 Å². The van der Waals surface area contributed by atoms with Gasteiger partial charge < -0.3 is 15.0 Å². The van der Waals surface area contributed by atoms with Crippen molar-refractivity contribution < 1.29 is 4.74 Å². The van der Waals surface area contributed by atoms with Crippen LogP contribution < -0.4 is 15.0 Å². The molecular formula is C27H33N3O.